The zero-order valence-electron chi connectivity index (χ0n) is 11.2. The fourth-order valence-corrected chi connectivity index (χ4v) is 1.81. The van der Waals surface area contributed by atoms with Crippen LogP contribution in [0.25, 0.3) is 0 Å². The summed E-state index contributed by atoms with van der Waals surface area (Å²) in [6, 6.07) is 15.9. The second-order valence-electron chi connectivity index (χ2n) is 4.08. The maximum Gasteiger partial charge on any atom is 0.373 e. The summed E-state index contributed by atoms with van der Waals surface area (Å²) >= 11 is 0. The first-order chi connectivity index (χ1) is 9.71. The third-order valence-electron chi connectivity index (χ3n) is 2.79. The van der Waals surface area contributed by atoms with E-state index in [-0.39, 0.29) is 11.9 Å². The van der Waals surface area contributed by atoms with Gasteiger partial charge in [0.25, 0.3) is 0 Å². The second kappa shape index (κ2) is 8.51. The highest BCUT2D eigenvalue weighted by Gasteiger charge is 2.02. The quantitative estimate of drug-likeness (QED) is 0.929. The summed E-state index contributed by atoms with van der Waals surface area (Å²) in [4.78, 5) is 16.2. The van der Waals surface area contributed by atoms with E-state index in [0.717, 1.165) is 12.8 Å². The zero-order valence-corrected chi connectivity index (χ0v) is 11.2. The molecular weight excluding hydrogens is 256 g/mol. The summed E-state index contributed by atoms with van der Waals surface area (Å²) in [5.74, 6) is 0.728. The van der Waals surface area contributed by atoms with Crippen LogP contribution in [-0.2, 0) is 22.4 Å². The predicted octanol–water partition coefficient (Wildman–Crippen LogP) is 2.60. The molecular formula is C16H16O4. The highest BCUT2D eigenvalue weighted by atomic mass is 16.5. The molecule has 0 unspecified atom stereocenters. The SMILES string of the molecule is COc1cc(CCc2ccccc2)ccc1O.O=C=O. The number of phenolic OH excluding ortho intramolecular Hbond substituents is 1. The first-order valence-corrected chi connectivity index (χ1v) is 6.10. The van der Waals surface area contributed by atoms with Crippen molar-refractivity contribution in [2.45, 2.75) is 12.8 Å². The van der Waals surface area contributed by atoms with Gasteiger partial charge in [-0.1, -0.05) is 36.4 Å². The minimum Gasteiger partial charge on any atom is -0.504 e. The highest BCUT2D eigenvalue weighted by molar-refractivity contribution is 5.41. The van der Waals surface area contributed by atoms with Gasteiger partial charge in [0.2, 0.25) is 0 Å². The molecule has 2 aromatic carbocycles. The van der Waals surface area contributed by atoms with E-state index in [1.807, 2.05) is 30.3 Å². The van der Waals surface area contributed by atoms with Gasteiger partial charge in [-0.05, 0) is 36.1 Å². The molecule has 2 aromatic rings. The van der Waals surface area contributed by atoms with Gasteiger partial charge in [-0.3, -0.25) is 0 Å². The van der Waals surface area contributed by atoms with Gasteiger partial charge in [-0.2, -0.15) is 9.59 Å². The van der Waals surface area contributed by atoms with Crippen molar-refractivity contribution < 1.29 is 19.4 Å². The van der Waals surface area contributed by atoms with Crippen molar-refractivity contribution in [1.29, 1.82) is 0 Å². The maximum atomic E-state index is 9.50. The summed E-state index contributed by atoms with van der Waals surface area (Å²) in [5.41, 5.74) is 2.49. The number of aromatic hydroxyl groups is 1. The molecule has 0 radical (unpaired) electrons. The zero-order chi connectivity index (χ0) is 14.8. The van der Waals surface area contributed by atoms with E-state index in [0.29, 0.717) is 5.75 Å². The van der Waals surface area contributed by atoms with E-state index in [1.165, 1.54) is 11.1 Å². The monoisotopic (exact) mass is 272 g/mol. The van der Waals surface area contributed by atoms with Gasteiger partial charge in [-0.15, -0.1) is 0 Å². The third kappa shape index (κ3) is 4.96. The van der Waals surface area contributed by atoms with Gasteiger partial charge in [0.05, 0.1) is 7.11 Å². The first-order valence-electron chi connectivity index (χ1n) is 6.10. The molecule has 0 aliphatic carbocycles. The van der Waals surface area contributed by atoms with Crippen molar-refractivity contribution in [3.63, 3.8) is 0 Å². The fourth-order valence-electron chi connectivity index (χ4n) is 1.81. The molecule has 104 valence electrons. The number of benzene rings is 2. The lowest BCUT2D eigenvalue weighted by Crippen LogP contribution is -1.92. The molecule has 0 bridgehead atoms. The van der Waals surface area contributed by atoms with E-state index < -0.39 is 0 Å². The Labute approximate surface area is 117 Å². The van der Waals surface area contributed by atoms with Crippen LogP contribution < -0.4 is 4.74 Å². The van der Waals surface area contributed by atoms with Crippen molar-refractivity contribution in [3.8, 4) is 11.5 Å². The fraction of sp³-hybridized carbons (Fsp3) is 0.188. The van der Waals surface area contributed by atoms with Gasteiger partial charge < -0.3 is 9.84 Å². The topological polar surface area (TPSA) is 63.6 Å². The average Bonchev–Trinajstić information content (AvgIpc) is 2.48. The molecule has 0 spiro atoms. The molecule has 1 N–H and O–H groups in total. The number of phenols is 1. The van der Waals surface area contributed by atoms with Crippen LogP contribution in [0.4, 0.5) is 0 Å². The van der Waals surface area contributed by atoms with Crippen LogP contribution in [0, 0.1) is 0 Å². The van der Waals surface area contributed by atoms with Gasteiger partial charge in [0.1, 0.15) is 0 Å². The lowest BCUT2D eigenvalue weighted by Gasteiger charge is -2.06. The summed E-state index contributed by atoms with van der Waals surface area (Å²) < 4.78 is 5.09. The number of ether oxygens (including phenoxy) is 1. The van der Waals surface area contributed by atoms with Crippen LogP contribution >= 0.6 is 0 Å². The minimum absolute atomic E-state index is 0.191. The van der Waals surface area contributed by atoms with Crippen LogP contribution in [0.3, 0.4) is 0 Å². The maximum absolute atomic E-state index is 9.50. The summed E-state index contributed by atoms with van der Waals surface area (Å²) in [5, 5.41) is 9.50. The Bertz CT molecular complexity index is 558. The molecule has 0 heterocycles. The Balaban J connectivity index is 0.000000612. The molecule has 0 saturated carbocycles. The van der Waals surface area contributed by atoms with Crippen LogP contribution in [0.5, 0.6) is 11.5 Å². The van der Waals surface area contributed by atoms with Crippen molar-refractivity contribution in [3.05, 3.63) is 59.7 Å². The Morgan fingerprint density at radius 2 is 1.60 bits per heavy atom. The van der Waals surface area contributed by atoms with Gasteiger partial charge in [0, 0.05) is 0 Å². The Kier molecular flexibility index (Phi) is 6.59. The molecule has 0 aliphatic rings. The smallest absolute Gasteiger partial charge is 0.373 e. The van der Waals surface area contributed by atoms with Crippen molar-refractivity contribution in [2.24, 2.45) is 0 Å². The number of aryl methyl sites for hydroxylation is 2. The molecule has 20 heavy (non-hydrogen) atoms. The summed E-state index contributed by atoms with van der Waals surface area (Å²) in [6.45, 7) is 0. The van der Waals surface area contributed by atoms with E-state index in [2.05, 4.69) is 12.1 Å². The Morgan fingerprint density at radius 3 is 2.20 bits per heavy atom. The Hall–Kier alpha value is -2.58. The van der Waals surface area contributed by atoms with E-state index >= 15 is 0 Å². The molecule has 2 rings (SSSR count). The molecule has 0 fully saturated rings. The highest BCUT2D eigenvalue weighted by Crippen LogP contribution is 2.26. The molecule has 0 aromatic heterocycles. The number of methoxy groups -OCH3 is 1. The van der Waals surface area contributed by atoms with Crippen molar-refractivity contribution in [2.75, 3.05) is 7.11 Å². The van der Waals surface area contributed by atoms with Crippen LogP contribution in [0.15, 0.2) is 48.5 Å². The number of carbonyl (C=O) groups excluding carboxylic acids is 2. The summed E-state index contributed by atoms with van der Waals surface area (Å²) in [7, 11) is 1.57. The molecule has 4 heteroatoms. The van der Waals surface area contributed by atoms with E-state index in [9.17, 15) is 5.11 Å². The standard InChI is InChI=1S/C15H16O2.CO2/c1-17-15-11-13(9-10-14(15)16)8-7-12-5-3-2-4-6-12;2-1-3/h2-6,9-11,16H,7-8H2,1H3;. The first kappa shape index (κ1) is 15.5. The molecule has 0 aliphatic heterocycles. The summed E-state index contributed by atoms with van der Waals surface area (Å²) in [6.07, 6.45) is 2.19. The van der Waals surface area contributed by atoms with Crippen LogP contribution in [-0.4, -0.2) is 18.4 Å². The molecule has 0 atom stereocenters. The van der Waals surface area contributed by atoms with Crippen LogP contribution in [0.1, 0.15) is 11.1 Å². The molecule has 0 saturated heterocycles. The second-order valence-corrected chi connectivity index (χ2v) is 4.08. The average molecular weight is 272 g/mol. The third-order valence-corrected chi connectivity index (χ3v) is 2.79. The molecule has 4 nitrogen and oxygen atoms in total. The molecule has 0 amide bonds. The van der Waals surface area contributed by atoms with Crippen molar-refractivity contribution in [1.82, 2.24) is 0 Å². The van der Waals surface area contributed by atoms with Gasteiger partial charge in [-0.25, -0.2) is 0 Å². The van der Waals surface area contributed by atoms with Gasteiger partial charge in [0.15, 0.2) is 11.5 Å². The number of rotatable bonds is 4. The number of hydrogen-bond donors (Lipinski definition) is 1. The Morgan fingerprint density at radius 1 is 1.00 bits per heavy atom. The minimum atomic E-state index is 0.191. The largest absolute Gasteiger partial charge is 0.504 e. The lowest BCUT2D eigenvalue weighted by atomic mass is 10.0. The number of hydrogen-bond acceptors (Lipinski definition) is 4. The van der Waals surface area contributed by atoms with Gasteiger partial charge >= 0.3 is 6.15 Å². The van der Waals surface area contributed by atoms with E-state index in [4.69, 9.17) is 14.3 Å². The predicted molar refractivity (Wildman–Crippen MR) is 73.5 cm³/mol. The van der Waals surface area contributed by atoms with E-state index in [1.54, 1.807) is 13.2 Å². The van der Waals surface area contributed by atoms with Crippen molar-refractivity contribution >= 4 is 6.15 Å². The van der Waals surface area contributed by atoms with Crippen LogP contribution in [0.2, 0.25) is 0 Å². The lowest BCUT2D eigenvalue weighted by molar-refractivity contribution is -0.191. The normalized spacial score (nSPS) is 9.05.